The van der Waals surface area contributed by atoms with Crippen LogP contribution in [0.3, 0.4) is 0 Å². The van der Waals surface area contributed by atoms with Crippen molar-refractivity contribution < 1.29 is 18.4 Å². The van der Waals surface area contributed by atoms with Crippen molar-refractivity contribution in [3.05, 3.63) is 0 Å². The maximum absolute atomic E-state index is 7.00. The number of hydrogen-bond acceptors (Lipinski definition) is 5. The van der Waals surface area contributed by atoms with Crippen molar-refractivity contribution >= 4 is 21.4 Å². The van der Waals surface area contributed by atoms with Crippen LogP contribution in [0.2, 0.25) is 6.04 Å². The van der Waals surface area contributed by atoms with Crippen LogP contribution in [0.1, 0.15) is 27.2 Å². The van der Waals surface area contributed by atoms with Gasteiger partial charge >= 0.3 is 8.80 Å². The van der Waals surface area contributed by atoms with Crippen LogP contribution in [-0.2, 0) is 13.3 Å². The van der Waals surface area contributed by atoms with Gasteiger partial charge in [0.15, 0.2) is 0 Å². The summed E-state index contributed by atoms with van der Waals surface area (Å²) in [5.41, 5.74) is 0. The number of aliphatic hydroxyl groups excluding tert-OH is 1. The molecule has 0 aromatic carbocycles. The quantitative estimate of drug-likeness (QED) is 0.497. The van der Waals surface area contributed by atoms with Gasteiger partial charge in [-0.15, -0.1) is 0 Å². The third kappa shape index (κ3) is 8.55. The fourth-order valence-electron chi connectivity index (χ4n) is 1.30. The molecule has 0 fully saturated rings. The summed E-state index contributed by atoms with van der Waals surface area (Å²) < 4.78 is 17.0. The molecule has 0 aliphatic heterocycles. The minimum atomic E-state index is -2.37. The first-order chi connectivity index (χ1) is 7.74. The molecular formula is C10H26O4SSi. The van der Waals surface area contributed by atoms with Gasteiger partial charge in [-0.1, -0.05) is 0 Å². The van der Waals surface area contributed by atoms with E-state index < -0.39 is 8.80 Å². The molecule has 0 bridgehead atoms. The average Bonchev–Trinajstić information content (AvgIpc) is 2.30. The van der Waals surface area contributed by atoms with Crippen molar-refractivity contribution in [3.8, 4) is 0 Å². The van der Waals surface area contributed by atoms with Gasteiger partial charge in [0.05, 0.1) is 0 Å². The molecular weight excluding hydrogens is 244 g/mol. The Balaban J connectivity index is 0. The van der Waals surface area contributed by atoms with E-state index in [4.69, 9.17) is 18.4 Å². The Kier molecular flexibility index (Phi) is 15.8. The number of thiol groups is 1. The van der Waals surface area contributed by atoms with Crippen molar-refractivity contribution in [2.75, 3.05) is 32.7 Å². The fraction of sp³-hybridized carbons (Fsp3) is 1.00. The van der Waals surface area contributed by atoms with Crippen LogP contribution in [0.25, 0.3) is 0 Å². The van der Waals surface area contributed by atoms with Gasteiger partial charge in [0.2, 0.25) is 0 Å². The molecule has 0 saturated heterocycles. The first-order valence-electron chi connectivity index (χ1n) is 5.72. The van der Waals surface area contributed by atoms with Crippen LogP contribution in [0.4, 0.5) is 0 Å². The summed E-state index contributed by atoms with van der Waals surface area (Å²) in [4.78, 5) is 0. The second-order valence-electron chi connectivity index (χ2n) is 2.81. The number of rotatable bonds is 9. The van der Waals surface area contributed by atoms with Gasteiger partial charge in [-0.2, -0.15) is 12.6 Å². The second kappa shape index (κ2) is 13.5. The monoisotopic (exact) mass is 270 g/mol. The maximum Gasteiger partial charge on any atom is 0.500 e. The lowest BCUT2D eigenvalue weighted by molar-refractivity contribution is 0.0712. The van der Waals surface area contributed by atoms with E-state index in [1.54, 1.807) is 0 Å². The molecule has 0 atom stereocenters. The maximum atomic E-state index is 7.00. The molecule has 4 nitrogen and oxygen atoms in total. The van der Waals surface area contributed by atoms with Gasteiger partial charge in [0, 0.05) is 33.0 Å². The SMILES string of the molecule is CCO[Si](CCCS)(OCC)OCC.CO. The van der Waals surface area contributed by atoms with E-state index in [0.29, 0.717) is 19.8 Å². The van der Waals surface area contributed by atoms with Gasteiger partial charge < -0.3 is 18.4 Å². The summed E-state index contributed by atoms with van der Waals surface area (Å²) in [5.74, 6) is 0.849. The second-order valence-corrected chi connectivity index (χ2v) is 5.99. The molecule has 0 heterocycles. The Labute approximate surface area is 106 Å². The summed E-state index contributed by atoms with van der Waals surface area (Å²) in [7, 11) is -1.37. The zero-order chi connectivity index (χ0) is 12.9. The molecule has 0 rings (SSSR count). The standard InChI is InChI=1S/C9H22O3SSi.CH4O/c1-4-10-14(11-5-2,12-6-3)9-7-8-13;1-2/h13H,4-9H2,1-3H3;2H,1H3. The van der Waals surface area contributed by atoms with E-state index in [1.165, 1.54) is 0 Å². The van der Waals surface area contributed by atoms with Crippen LogP contribution in [0, 0.1) is 0 Å². The van der Waals surface area contributed by atoms with Crippen molar-refractivity contribution in [2.45, 2.75) is 33.2 Å². The largest absolute Gasteiger partial charge is 0.500 e. The lowest BCUT2D eigenvalue weighted by atomic mass is 10.6. The Hall–Kier alpha value is 0.407. The van der Waals surface area contributed by atoms with Gasteiger partial charge in [-0.3, -0.25) is 0 Å². The smallest absolute Gasteiger partial charge is 0.400 e. The molecule has 0 aliphatic rings. The molecule has 0 aromatic heterocycles. The average molecular weight is 270 g/mol. The summed E-state index contributed by atoms with van der Waals surface area (Å²) >= 11 is 4.19. The number of aliphatic hydroxyl groups is 1. The lowest BCUT2D eigenvalue weighted by Crippen LogP contribution is -2.46. The van der Waals surface area contributed by atoms with Crippen molar-refractivity contribution in [1.82, 2.24) is 0 Å². The van der Waals surface area contributed by atoms with E-state index in [0.717, 1.165) is 25.3 Å². The van der Waals surface area contributed by atoms with Gasteiger partial charge in [0.1, 0.15) is 0 Å². The number of hydrogen-bond donors (Lipinski definition) is 2. The molecule has 100 valence electrons. The van der Waals surface area contributed by atoms with E-state index in [1.807, 2.05) is 20.8 Å². The molecule has 0 spiro atoms. The lowest BCUT2D eigenvalue weighted by Gasteiger charge is -2.28. The Morgan fingerprint density at radius 3 is 1.56 bits per heavy atom. The van der Waals surface area contributed by atoms with Crippen molar-refractivity contribution in [2.24, 2.45) is 0 Å². The van der Waals surface area contributed by atoms with Crippen LogP contribution in [-0.4, -0.2) is 46.6 Å². The Morgan fingerprint density at radius 1 is 0.938 bits per heavy atom. The highest BCUT2D eigenvalue weighted by Gasteiger charge is 2.39. The highest BCUT2D eigenvalue weighted by Crippen LogP contribution is 2.18. The van der Waals surface area contributed by atoms with E-state index >= 15 is 0 Å². The zero-order valence-corrected chi connectivity index (χ0v) is 12.8. The molecule has 1 N–H and O–H groups in total. The summed E-state index contributed by atoms with van der Waals surface area (Å²) in [6, 6.07) is 0.867. The summed E-state index contributed by atoms with van der Waals surface area (Å²) in [6.45, 7) is 7.87. The molecule has 0 saturated carbocycles. The van der Waals surface area contributed by atoms with Gasteiger partial charge in [-0.25, -0.2) is 0 Å². The minimum absolute atomic E-state index is 0.652. The van der Waals surface area contributed by atoms with Crippen molar-refractivity contribution in [1.29, 1.82) is 0 Å². The first kappa shape index (κ1) is 18.8. The zero-order valence-electron chi connectivity index (χ0n) is 10.9. The third-order valence-corrected chi connectivity index (χ3v) is 5.20. The van der Waals surface area contributed by atoms with E-state index in [2.05, 4.69) is 12.6 Å². The molecule has 16 heavy (non-hydrogen) atoms. The molecule has 6 heteroatoms. The van der Waals surface area contributed by atoms with Crippen molar-refractivity contribution in [3.63, 3.8) is 0 Å². The third-order valence-electron chi connectivity index (χ3n) is 1.73. The van der Waals surface area contributed by atoms with E-state index in [9.17, 15) is 0 Å². The Bertz CT molecular complexity index is 121. The normalized spacial score (nSPS) is 10.9. The molecule has 0 amide bonds. The predicted octanol–water partition coefficient (Wildman–Crippen LogP) is 1.96. The minimum Gasteiger partial charge on any atom is -0.400 e. The fourth-order valence-corrected chi connectivity index (χ4v) is 4.36. The predicted molar refractivity (Wildman–Crippen MR) is 72.1 cm³/mol. The molecule has 0 aliphatic carbocycles. The summed E-state index contributed by atoms with van der Waals surface area (Å²) in [6.07, 6.45) is 0.981. The van der Waals surface area contributed by atoms with Crippen LogP contribution in [0.15, 0.2) is 0 Å². The topological polar surface area (TPSA) is 47.9 Å². The molecule has 0 radical (unpaired) electrons. The van der Waals surface area contributed by atoms with Gasteiger partial charge in [-0.05, 0) is 32.9 Å². The van der Waals surface area contributed by atoms with Gasteiger partial charge in [0.25, 0.3) is 0 Å². The van der Waals surface area contributed by atoms with Crippen LogP contribution >= 0.6 is 12.6 Å². The van der Waals surface area contributed by atoms with Crippen LogP contribution in [0.5, 0.6) is 0 Å². The highest BCUT2D eigenvalue weighted by molar-refractivity contribution is 7.80. The molecule has 0 unspecified atom stereocenters. The molecule has 0 aromatic rings. The highest BCUT2D eigenvalue weighted by atomic mass is 32.1. The summed E-state index contributed by atoms with van der Waals surface area (Å²) in [5, 5.41) is 7.00. The van der Waals surface area contributed by atoms with E-state index in [-0.39, 0.29) is 0 Å². The Morgan fingerprint density at radius 2 is 1.31 bits per heavy atom. The van der Waals surface area contributed by atoms with Crippen LogP contribution < -0.4 is 0 Å². The first-order valence-corrected chi connectivity index (χ1v) is 8.28.